The Bertz CT molecular complexity index is 4200. The Morgan fingerprint density at radius 3 is 1.35 bits per heavy atom. The third-order valence-corrected chi connectivity index (χ3v) is 15.4. The molecule has 314 valence electrons. The summed E-state index contributed by atoms with van der Waals surface area (Å²) < 4.78 is 0. The minimum absolute atomic E-state index is 0.519. The third kappa shape index (κ3) is 5.05. The lowest BCUT2D eigenvalue weighted by atomic mass is 9.70. The van der Waals surface area contributed by atoms with Crippen LogP contribution in [0, 0.1) is 0 Å². The van der Waals surface area contributed by atoms with E-state index in [0.29, 0.717) is 0 Å². The van der Waals surface area contributed by atoms with E-state index in [-0.39, 0.29) is 0 Å². The molecular weight excluding hydrogens is 819 g/mol. The van der Waals surface area contributed by atoms with E-state index in [1.807, 2.05) is 0 Å². The van der Waals surface area contributed by atoms with Crippen molar-refractivity contribution in [2.45, 2.75) is 5.41 Å². The van der Waals surface area contributed by atoms with E-state index in [0.717, 1.165) is 17.1 Å². The molecule has 0 N–H and O–H groups in total. The van der Waals surface area contributed by atoms with Crippen molar-refractivity contribution in [1.29, 1.82) is 0 Å². The molecule has 0 unspecified atom stereocenters. The third-order valence-electron chi connectivity index (χ3n) is 15.4. The Labute approximate surface area is 394 Å². The van der Waals surface area contributed by atoms with Gasteiger partial charge < -0.3 is 4.90 Å². The van der Waals surface area contributed by atoms with Crippen LogP contribution in [0.2, 0.25) is 0 Å². The zero-order valence-corrected chi connectivity index (χ0v) is 37.1. The first-order valence-corrected chi connectivity index (χ1v) is 23.7. The average molecular weight is 860 g/mol. The molecule has 0 heterocycles. The van der Waals surface area contributed by atoms with Crippen molar-refractivity contribution in [1.82, 2.24) is 0 Å². The summed E-state index contributed by atoms with van der Waals surface area (Å²) in [5.41, 5.74) is 15.7. The quantitative estimate of drug-likeness (QED) is 0.159. The number of hydrogen-bond donors (Lipinski definition) is 0. The second kappa shape index (κ2) is 14.1. The van der Waals surface area contributed by atoms with Crippen LogP contribution in [-0.4, -0.2) is 0 Å². The molecule has 0 atom stereocenters. The minimum atomic E-state index is -0.519. The molecule has 1 spiro atoms. The van der Waals surface area contributed by atoms with Crippen molar-refractivity contribution in [3.8, 4) is 33.4 Å². The van der Waals surface area contributed by atoms with Crippen LogP contribution in [0.5, 0.6) is 0 Å². The molecule has 15 rings (SSSR count). The molecule has 2 aliphatic rings. The number of anilines is 3. The van der Waals surface area contributed by atoms with E-state index in [4.69, 9.17) is 0 Å². The largest absolute Gasteiger partial charge is 0.309 e. The highest BCUT2D eigenvalue weighted by Crippen LogP contribution is 2.64. The van der Waals surface area contributed by atoms with E-state index >= 15 is 0 Å². The zero-order valence-electron chi connectivity index (χ0n) is 37.1. The molecule has 13 aromatic carbocycles. The number of fused-ring (bicyclic) bond motifs is 20. The molecule has 1 heteroatoms. The van der Waals surface area contributed by atoms with Gasteiger partial charge >= 0.3 is 0 Å². The van der Waals surface area contributed by atoms with Crippen molar-refractivity contribution in [2.24, 2.45) is 0 Å². The Hall–Kier alpha value is -8.78. The molecule has 2 aliphatic carbocycles. The molecule has 0 aliphatic heterocycles. The summed E-state index contributed by atoms with van der Waals surface area (Å²) in [6.07, 6.45) is 0. The molecule has 0 saturated heterocycles. The minimum Gasteiger partial charge on any atom is -0.309 e. The second-order valence-electron chi connectivity index (χ2n) is 18.7. The number of hydrogen-bond acceptors (Lipinski definition) is 1. The predicted molar refractivity (Wildman–Crippen MR) is 288 cm³/mol. The van der Waals surface area contributed by atoms with Gasteiger partial charge in [-0.3, -0.25) is 0 Å². The molecule has 13 aromatic rings. The lowest BCUT2D eigenvalue weighted by Crippen LogP contribution is -2.26. The fraction of sp³-hybridized carbons (Fsp3) is 0.0149. The Morgan fingerprint density at radius 1 is 0.235 bits per heavy atom. The van der Waals surface area contributed by atoms with Crippen LogP contribution >= 0.6 is 0 Å². The lowest BCUT2D eigenvalue weighted by molar-refractivity contribution is 0.794. The Kier molecular flexibility index (Phi) is 7.77. The fourth-order valence-corrected chi connectivity index (χ4v) is 12.6. The van der Waals surface area contributed by atoms with Gasteiger partial charge in [0.15, 0.2) is 0 Å². The molecular formula is C67H41N. The van der Waals surface area contributed by atoms with Gasteiger partial charge in [-0.1, -0.05) is 212 Å². The van der Waals surface area contributed by atoms with E-state index in [9.17, 15) is 0 Å². The predicted octanol–water partition coefficient (Wildman–Crippen LogP) is 18.1. The molecule has 0 bridgehead atoms. The first kappa shape index (κ1) is 37.4. The maximum atomic E-state index is 2.58. The summed E-state index contributed by atoms with van der Waals surface area (Å²) in [5.74, 6) is 0. The van der Waals surface area contributed by atoms with Crippen LogP contribution in [0.3, 0.4) is 0 Å². The van der Waals surface area contributed by atoms with Crippen LogP contribution < -0.4 is 4.90 Å². The Balaban J connectivity index is 1.11. The monoisotopic (exact) mass is 859 g/mol. The SMILES string of the molecule is c1ccc2c(c1)-c1ccccc1C21c2ccccc2-c2cc(-c3ccc4ccc5ccccc5c4c3)c(N(c3ccc4c5ccccc5c5ccccc5c4c3)c3cccc4ccccc34)cc21. The van der Waals surface area contributed by atoms with Gasteiger partial charge in [0.1, 0.15) is 0 Å². The van der Waals surface area contributed by atoms with Crippen molar-refractivity contribution >= 4 is 81.7 Å². The van der Waals surface area contributed by atoms with Gasteiger partial charge in [0, 0.05) is 16.6 Å². The molecule has 0 saturated carbocycles. The highest BCUT2D eigenvalue weighted by atomic mass is 15.1. The smallest absolute Gasteiger partial charge is 0.0726 e. The second-order valence-corrected chi connectivity index (χ2v) is 18.7. The highest BCUT2D eigenvalue weighted by molar-refractivity contribution is 6.26. The number of benzene rings is 13. The molecule has 1 nitrogen and oxygen atoms in total. The van der Waals surface area contributed by atoms with E-state index in [1.54, 1.807) is 0 Å². The summed E-state index contributed by atoms with van der Waals surface area (Å²) in [7, 11) is 0. The van der Waals surface area contributed by atoms with E-state index in [1.165, 1.54) is 120 Å². The molecule has 0 aromatic heterocycles. The van der Waals surface area contributed by atoms with Gasteiger partial charge in [0.2, 0.25) is 0 Å². The normalized spacial score (nSPS) is 13.1. The summed E-state index contributed by atoms with van der Waals surface area (Å²) in [4.78, 5) is 2.58. The lowest BCUT2D eigenvalue weighted by Gasteiger charge is -2.34. The van der Waals surface area contributed by atoms with Crippen LogP contribution in [0.1, 0.15) is 22.3 Å². The first-order chi connectivity index (χ1) is 33.7. The van der Waals surface area contributed by atoms with E-state index in [2.05, 4.69) is 254 Å². The van der Waals surface area contributed by atoms with Crippen LogP contribution in [0.15, 0.2) is 249 Å². The summed E-state index contributed by atoms with van der Waals surface area (Å²) in [6, 6.07) is 93.7. The van der Waals surface area contributed by atoms with Crippen molar-refractivity contribution < 1.29 is 0 Å². The maximum absolute atomic E-state index is 2.58. The summed E-state index contributed by atoms with van der Waals surface area (Å²) in [6.45, 7) is 0. The van der Waals surface area contributed by atoms with Gasteiger partial charge in [-0.25, -0.2) is 0 Å². The van der Waals surface area contributed by atoms with Gasteiger partial charge in [-0.05, 0) is 146 Å². The number of rotatable bonds is 4. The van der Waals surface area contributed by atoms with Gasteiger partial charge in [-0.2, -0.15) is 0 Å². The molecule has 0 radical (unpaired) electrons. The van der Waals surface area contributed by atoms with Crippen LogP contribution in [-0.2, 0) is 5.41 Å². The van der Waals surface area contributed by atoms with Gasteiger partial charge in [-0.15, -0.1) is 0 Å². The Morgan fingerprint density at radius 2 is 0.706 bits per heavy atom. The first-order valence-electron chi connectivity index (χ1n) is 23.7. The van der Waals surface area contributed by atoms with Gasteiger partial charge in [0.05, 0.1) is 16.8 Å². The van der Waals surface area contributed by atoms with Crippen molar-refractivity contribution in [2.75, 3.05) is 4.90 Å². The van der Waals surface area contributed by atoms with Crippen LogP contribution in [0.25, 0.3) is 98.0 Å². The summed E-state index contributed by atoms with van der Waals surface area (Å²) in [5, 5.41) is 15.0. The van der Waals surface area contributed by atoms with Crippen LogP contribution in [0.4, 0.5) is 17.1 Å². The topological polar surface area (TPSA) is 3.24 Å². The number of nitrogens with zero attached hydrogens (tertiary/aromatic N) is 1. The molecule has 68 heavy (non-hydrogen) atoms. The summed E-state index contributed by atoms with van der Waals surface area (Å²) >= 11 is 0. The van der Waals surface area contributed by atoms with Crippen molar-refractivity contribution in [3.05, 3.63) is 271 Å². The maximum Gasteiger partial charge on any atom is 0.0726 e. The molecule has 0 amide bonds. The van der Waals surface area contributed by atoms with E-state index < -0.39 is 5.41 Å². The zero-order chi connectivity index (χ0) is 44.5. The fourth-order valence-electron chi connectivity index (χ4n) is 12.6. The highest BCUT2D eigenvalue weighted by Gasteiger charge is 2.52. The average Bonchev–Trinajstić information content (AvgIpc) is 3.87. The molecule has 0 fully saturated rings. The standard InChI is InChI=1S/C67H41N/c1-3-19-47-43(17-1)32-33-44-34-35-45(38-57(44)47)58-40-60-56-27-11-14-30-63(56)67(61-28-12-9-25-54(61)55-26-10-13-29-62(55)67)64(60)41-66(58)68(65-31-15-18-42-16-2-4-20-48(42)65)46-36-37-53-51-23-6-5-21-49(51)50-22-7-8-24-52(50)59(53)39-46/h1-41H. The van der Waals surface area contributed by atoms with Crippen molar-refractivity contribution in [3.63, 3.8) is 0 Å². The van der Waals surface area contributed by atoms with Gasteiger partial charge in [0.25, 0.3) is 0 Å².